The molecule has 22 heavy (non-hydrogen) atoms. The molecule has 0 heterocycles. The van der Waals surface area contributed by atoms with Gasteiger partial charge in [-0.3, -0.25) is 0 Å². The SMILES string of the molecule is O=C(O)c1cc(C(F)(F)F)ccc1SCc1ccccc1.[MgH2]. The third-order valence-electron chi connectivity index (χ3n) is 2.77. The number of halogens is 3. The zero-order valence-corrected chi connectivity index (χ0v) is 11.5. The summed E-state index contributed by atoms with van der Waals surface area (Å²) >= 11 is 1.20. The minimum atomic E-state index is -4.55. The van der Waals surface area contributed by atoms with Gasteiger partial charge in [-0.15, -0.1) is 11.8 Å². The molecule has 0 atom stereocenters. The molecule has 0 saturated carbocycles. The van der Waals surface area contributed by atoms with Gasteiger partial charge in [0.15, 0.2) is 0 Å². The molecule has 2 aromatic rings. The van der Waals surface area contributed by atoms with Crippen LogP contribution >= 0.6 is 11.8 Å². The number of alkyl halides is 3. The lowest BCUT2D eigenvalue weighted by Gasteiger charge is -2.11. The van der Waals surface area contributed by atoms with Crippen molar-refractivity contribution in [3.8, 4) is 0 Å². The summed E-state index contributed by atoms with van der Waals surface area (Å²) in [6.07, 6.45) is -4.55. The van der Waals surface area contributed by atoms with Gasteiger partial charge in [0.1, 0.15) is 0 Å². The number of thioether (sulfide) groups is 1. The second-order valence-corrected chi connectivity index (χ2v) is 5.31. The summed E-state index contributed by atoms with van der Waals surface area (Å²) in [6.45, 7) is 0. The average Bonchev–Trinajstić information content (AvgIpc) is 2.45. The molecule has 0 aromatic heterocycles. The number of rotatable bonds is 4. The Balaban J connectivity index is 0.00000242. The largest absolute Gasteiger partial charge is 0.478 e. The summed E-state index contributed by atoms with van der Waals surface area (Å²) in [7, 11) is 0. The molecule has 0 aliphatic carbocycles. The third kappa shape index (κ3) is 4.93. The van der Waals surface area contributed by atoms with E-state index in [0.29, 0.717) is 16.7 Å². The van der Waals surface area contributed by atoms with Gasteiger partial charge in [0.25, 0.3) is 0 Å². The van der Waals surface area contributed by atoms with Crippen molar-refractivity contribution in [1.29, 1.82) is 0 Å². The summed E-state index contributed by atoms with van der Waals surface area (Å²) in [5.41, 5.74) is -0.312. The van der Waals surface area contributed by atoms with E-state index in [1.165, 1.54) is 17.8 Å². The highest BCUT2D eigenvalue weighted by molar-refractivity contribution is 7.98. The molecule has 0 aliphatic rings. The Kier molecular flexibility index (Phi) is 6.77. The Morgan fingerprint density at radius 3 is 2.27 bits per heavy atom. The monoisotopic (exact) mass is 338 g/mol. The van der Waals surface area contributed by atoms with Crippen LogP contribution < -0.4 is 0 Å². The summed E-state index contributed by atoms with van der Waals surface area (Å²) < 4.78 is 37.8. The van der Waals surface area contributed by atoms with Crippen molar-refractivity contribution in [3.05, 3.63) is 65.2 Å². The topological polar surface area (TPSA) is 37.3 Å². The molecule has 0 unspecified atom stereocenters. The van der Waals surface area contributed by atoms with Crippen molar-refractivity contribution in [1.82, 2.24) is 0 Å². The second kappa shape index (κ2) is 7.89. The van der Waals surface area contributed by atoms with Crippen LogP contribution in [0.4, 0.5) is 13.2 Å². The van der Waals surface area contributed by atoms with Gasteiger partial charge in [0, 0.05) is 10.6 Å². The minimum Gasteiger partial charge on any atom is -0.478 e. The fourth-order valence-electron chi connectivity index (χ4n) is 1.73. The van der Waals surface area contributed by atoms with E-state index in [1.54, 1.807) is 0 Å². The van der Waals surface area contributed by atoms with Crippen molar-refractivity contribution in [2.24, 2.45) is 0 Å². The maximum Gasteiger partial charge on any atom is 0.416 e. The molecule has 7 heteroatoms. The third-order valence-corrected chi connectivity index (χ3v) is 3.92. The fraction of sp³-hybridized carbons (Fsp3) is 0.133. The molecule has 2 aromatic carbocycles. The predicted octanol–water partition coefficient (Wildman–Crippen LogP) is 3.78. The quantitative estimate of drug-likeness (QED) is 0.681. The Hall–Kier alpha value is -1.18. The lowest BCUT2D eigenvalue weighted by atomic mass is 10.1. The van der Waals surface area contributed by atoms with Crippen LogP contribution in [-0.4, -0.2) is 34.1 Å². The standard InChI is InChI=1S/C15H11F3O2S.Mg.2H/c16-15(17,18)11-6-7-13(12(8-11)14(19)20)21-9-10-4-2-1-3-5-10;;;/h1-8H,9H2,(H,19,20);;;. The van der Waals surface area contributed by atoms with Crippen LogP contribution in [0.5, 0.6) is 0 Å². The molecule has 1 N–H and O–H groups in total. The minimum absolute atomic E-state index is 0. The summed E-state index contributed by atoms with van der Waals surface area (Å²) in [4.78, 5) is 11.5. The van der Waals surface area contributed by atoms with Gasteiger partial charge in [-0.05, 0) is 23.8 Å². The van der Waals surface area contributed by atoms with E-state index in [4.69, 9.17) is 5.11 Å². The van der Waals surface area contributed by atoms with Crippen molar-refractivity contribution in [2.75, 3.05) is 0 Å². The Labute approximate surface area is 145 Å². The molecule has 2 rings (SSSR count). The number of carboxylic acids is 1. The number of carbonyl (C=O) groups is 1. The smallest absolute Gasteiger partial charge is 0.416 e. The first-order valence-corrected chi connectivity index (χ1v) is 6.98. The summed E-state index contributed by atoms with van der Waals surface area (Å²) in [5.74, 6) is -0.872. The van der Waals surface area contributed by atoms with E-state index in [2.05, 4.69) is 0 Å². The molecule has 0 saturated heterocycles. The molecule has 2 nitrogen and oxygen atoms in total. The molecule has 0 radical (unpaired) electrons. The Morgan fingerprint density at radius 2 is 1.73 bits per heavy atom. The van der Waals surface area contributed by atoms with E-state index < -0.39 is 17.7 Å². The first kappa shape index (κ1) is 18.9. The zero-order valence-electron chi connectivity index (χ0n) is 10.7. The molecule has 0 bridgehead atoms. The van der Waals surface area contributed by atoms with Crippen LogP contribution in [0.15, 0.2) is 53.4 Å². The number of aromatic carboxylic acids is 1. The van der Waals surface area contributed by atoms with E-state index in [-0.39, 0.29) is 28.6 Å². The molecule has 114 valence electrons. The van der Waals surface area contributed by atoms with Gasteiger partial charge >= 0.3 is 35.2 Å². The van der Waals surface area contributed by atoms with Crippen LogP contribution in [0, 0.1) is 0 Å². The second-order valence-electron chi connectivity index (χ2n) is 4.29. The fourth-order valence-corrected chi connectivity index (χ4v) is 2.72. The van der Waals surface area contributed by atoms with Crippen LogP contribution in [0.2, 0.25) is 0 Å². The van der Waals surface area contributed by atoms with Crippen LogP contribution in [0.3, 0.4) is 0 Å². The van der Waals surface area contributed by atoms with Crippen molar-refractivity contribution in [3.63, 3.8) is 0 Å². The van der Waals surface area contributed by atoms with E-state index in [9.17, 15) is 18.0 Å². The van der Waals surface area contributed by atoms with Gasteiger partial charge in [0.05, 0.1) is 11.1 Å². The van der Waals surface area contributed by atoms with Crippen molar-refractivity contribution >= 4 is 40.8 Å². The van der Waals surface area contributed by atoms with E-state index >= 15 is 0 Å². The molecule has 0 amide bonds. The van der Waals surface area contributed by atoms with Gasteiger partial charge in [0.2, 0.25) is 0 Å². The maximum atomic E-state index is 12.6. The molecular formula is C15H13F3MgO2S. The average molecular weight is 339 g/mol. The summed E-state index contributed by atoms with van der Waals surface area (Å²) in [6, 6.07) is 12.1. The van der Waals surface area contributed by atoms with E-state index in [0.717, 1.165) is 11.6 Å². The normalized spacial score (nSPS) is 10.9. The molecule has 0 aliphatic heterocycles. The first-order chi connectivity index (χ1) is 9.88. The molecular weight excluding hydrogens is 326 g/mol. The van der Waals surface area contributed by atoms with Crippen molar-refractivity contribution in [2.45, 2.75) is 16.8 Å². The Bertz CT molecular complexity index is 645. The molecule has 0 spiro atoms. The number of carboxylic acid groups (broad SMARTS) is 1. The number of hydrogen-bond acceptors (Lipinski definition) is 2. The lowest BCUT2D eigenvalue weighted by molar-refractivity contribution is -0.137. The van der Waals surface area contributed by atoms with Gasteiger partial charge in [-0.2, -0.15) is 13.2 Å². The Morgan fingerprint density at radius 1 is 1.09 bits per heavy atom. The highest BCUT2D eigenvalue weighted by atomic mass is 32.2. The first-order valence-electron chi connectivity index (χ1n) is 5.99. The van der Waals surface area contributed by atoms with Crippen LogP contribution in [-0.2, 0) is 11.9 Å². The van der Waals surface area contributed by atoms with Gasteiger partial charge in [-0.1, -0.05) is 30.3 Å². The maximum absolute atomic E-state index is 12.6. The summed E-state index contributed by atoms with van der Waals surface area (Å²) in [5, 5.41) is 9.07. The van der Waals surface area contributed by atoms with Gasteiger partial charge < -0.3 is 5.11 Å². The van der Waals surface area contributed by atoms with Gasteiger partial charge in [-0.25, -0.2) is 4.79 Å². The van der Waals surface area contributed by atoms with Crippen molar-refractivity contribution < 1.29 is 23.1 Å². The van der Waals surface area contributed by atoms with E-state index in [1.807, 2.05) is 30.3 Å². The lowest BCUT2D eigenvalue weighted by Crippen LogP contribution is -2.08. The highest BCUT2D eigenvalue weighted by Crippen LogP contribution is 2.34. The highest BCUT2D eigenvalue weighted by Gasteiger charge is 2.31. The number of benzene rings is 2. The zero-order chi connectivity index (χ0) is 15.5. The van der Waals surface area contributed by atoms with Crippen LogP contribution in [0.1, 0.15) is 21.5 Å². The molecule has 0 fully saturated rings. The predicted molar refractivity (Wildman–Crippen MR) is 83.0 cm³/mol. The number of hydrogen-bond donors (Lipinski definition) is 1. The van der Waals surface area contributed by atoms with Crippen LogP contribution in [0.25, 0.3) is 0 Å².